The number of rotatable bonds is 8. The molecule has 0 atom stereocenters. The summed E-state index contributed by atoms with van der Waals surface area (Å²) in [5.41, 5.74) is 2.36. The predicted octanol–water partition coefficient (Wildman–Crippen LogP) is 3.99. The fraction of sp³-hybridized carbons (Fsp3) is 0.680. The number of nitrogens with one attached hydrogen (secondary N) is 2. The minimum atomic E-state index is -0.300. The number of hydrogen-bond donors (Lipinski definition) is 2. The number of benzene rings is 1. The number of guanidine groups is 1. The lowest BCUT2D eigenvalue weighted by atomic mass is 9.84. The quantitative estimate of drug-likeness (QED) is 0.290. The predicted molar refractivity (Wildman–Crippen MR) is 143 cm³/mol. The first-order valence-corrected chi connectivity index (χ1v) is 12.1. The molecular formula is C25H42IN5O. The zero-order valence-corrected chi connectivity index (χ0v) is 22.5. The molecule has 180 valence electrons. The van der Waals surface area contributed by atoms with Crippen molar-refractivity contribution in [3.05, 3.63) is 35.4 Å². The van der Waals surface area contributed by atoms with Crippen LogP contribution in [0.4, 0.5) is 0 Å². The van der Waals surface area contributed by atoms with Gasteiger partial charge in [-0.25, -0.2) is 4.99 Å². The lowest BCUT2D eigenvalue weighted by molar-refractivity contribution is -0.138. The van der Waals surface area contributed by atoms with Crippen LogP contribution in [0.5, 0.6) is 0 Å². The molecule has 6 nitrogen and oxygen atoms in total. The Hall–Kier alpha value is -1.35. The molecule has 1 aliphatic heterocycles. The molecular weight excluding hydrogens is 513 g/mol. The van der Waals surface area contributed by atoms with Crippen molar-refractivity contribution in [1.82, 2.24) is 20.4 Å². The second-order valence-corrected chi connectivity index (χ2v) is 9.34. The number of carbonyl (C=O) groups is 1. The zero-order chi connectivity index (χ0) is 22.1. The second-order valence-electron chi connectivity index (χ2n) is 9.34. The summed E-state index contributed by atoms with van der Waals surface area (Å²) in [7, 11) is 3.72. The largest absolute Gasteiger partial charge is 0.357 e. The van der Waals surface area contributed by atoms with Crippen molar-refractivity contribution >= 4 is 35.8 Å². The third-order valence-corrected chi connectivity index (χ3v) is 6.73. The van der Waals surface area contributed by atoms with E-state index < -0.39 is 0 Å². The first kappa shape index (κ1) is 26.9. The van der Waals surface area contributed by atoms with E-state index in [-0.39, 0.29) is 35.3 Å². The van der Waals surface area contributed by atoms with Crippen molar-refractivity contribution in [3.8, 4) is 0 Å². The van der Waals surface area contributed by atoms with Crippen LogP contribution in [-0.4, -0.2) is 61.9 Å². The smallest absolute Gasteiger partial charge is 0.230 e. The van der Waals surface area contributed by atoms with Gasteiger partial charge in [-0.2, -0.15) is 0 Å². The Labute approximate surface area is 211 Å². The van der Waals surface area contributed by atoms with E-state index in [1.165, 1.54) is 43.5 Å². The van der Waals surface area contributed by atoms with Gasteiger partial charge in [0.2, 0.25) is 5.91 Å². The van der Waals surface area contributed by atoms with Crippen LogP contribution in [0.3, 0.4) is 0 Å². The van der Waals surface area contributed by atoms with E-state index in [1.54, 1.807) is 4.90 Å². The fourth-order valence-corrected chi connectivity index (χ4v) is 4.98. The van der Waals surface area contributed by atoms with Gasteiger partial charge in [0, 0.05) is 33.7 Å². The number of nitrogens with zero attached hydrogens (tertiary/aromatic N) is 3. The Kier molecular flexibility index (Phi) is 11.2. The molecule has 32 heavy (non-hydrogen) atoms. The van der Waals surface area contributed by atoms with Crippen LogP contribution in [0.1, 0.15) is 63.0 Å². The summed E-state index contributed by atoms with van der Waals surface area (Å²) in [6.07, 6.45) is 8.13. The molecule has 1 saturated heterocycles. The topological polar surface area (TPSA) is 60.0 Å². The van der Waals surface area contributed by atoms with Crippen molar-refractivity contribution < 1.29 is 4.79 Å². The van der Waals surface area contributed by atoms with Gasteiger partial charge in [-0.3, -0.25) is 9.69 Å². The normalized spacial score (nSPS) is 18.7. The standard InChI is InChI=1S/C25H41N5O.HI/c1-4-26-24(28-20-25(14-8-9-15-25)23(31)29(2)3)27-18-21-12-6-7-13-22(21)19-30-16-10-5-11-17-30;/h6-7,12-13H,4-5,8-11,14-20H2,1-3H3,(H2,26,27,28);1H. The summed E-state index contributed by atoms with van der Waals surface area (Å²) >= 11 is 0. The summed E-state index contributed by atoms with van der Waals surface area (Å²) in [5.74, 6) is 1.04. The van der Waals surface area contributed by atoms with Crippen LogP contribution in [0.2, 0.25) is 0 Å². The van der Waals surface area contributed by atoms with Crippen molar-refractivity contribution in [2.75, 3.05) is 40.3 Å². The highest BCUT2D eigenvalue weighted by Crippen LogP contribution is 2.38. The lowest BCUT2D eigenvalue weighted by Crippen LogP contribution is -2.49. The molecule has 0 spiro atoms. The van der Waals surface area contributed by atoms with Gasteiger partial charge in [0.1, 0.15) is 0 Å². The first-order chi connectivity index (χ1) is 15.0. The number of piperidine rings is 1. The summed E-state index contributed by atoms with van der Waals surface area (Å²) < 4.78 is 0. The molecule has 0 aromatic heterocycles. The van der Waals surface area contributed by atoms with Gasteiger partial charge >= 0.3 is 0 Å². The van der Waals surface area contributed by atoms with Gasteiger partial charge in [-0.05, 0) is 56.8 Å². The third kappa shape index (κ3) is 7.33. The molecule has 1 heterocycles. The van der Waals surface area contributed by atoms with Crippen molar-refractivity contribution in [3.63, 3.8) is 0 Å². The van der Waals surface area contributed by atoms with Crippen molar-refractivity contribution in [1.29, 1.82) is 0 Å². The number of aliphatic imine (C=N–C) groups is 1. The van der Waals surface area contributed by atoms with E-state index in [0.29, 0.717) is 13.1 Å². The lowest BCUT2D eigenvalue weighted by Gasteiger charge is -2.31. The van der Waals surface area contributed by atoms with Crippen LogP contribution in [0.25, 0.3) is 0 Å². The average molecular weight is 556 g/mol. The van der Waals surface area contributed by atoms with Gasteiger partial charge < -0.3 is 15.5 Å². The van der Waals surface area contributed by atoms with E-state index in [9.17, 15) is 4.79 Å². The molecule has 3 rings (SSSR count). The summed E-state index contributed by atoms with van der Waals surface area (Å²) in [4.78, 5) is 22.1. The van der Waals surface area contributed by atoms with Gasteiger partial charge in [-0.15, -0.1) is 24.0 Å². The number of carbonyl (C=O) groups excluding carboxylic acids is 1. The molecule has 1 aliphatic carbocycles. The van der Waals surface area contributed by atoms with Crippen LogP contribution < -0.4 is 10.6 Å². The first-order valence-electron chi connectivity index (χ1n) is 12.1. The van der Waals surface area contributed by atoms with Crippen LogP contribution in [-0.2, 0) is 17.9 Å². The highest BCUT2D eigenvalue weighted by atomic mass is 127. The molecule has 1 aromatic carbocycles. The number of hydrogen-bond acceptors (Lipinski definition) is 3. The molecule has 2 fully saturated rings. The minimum absolute atomic E-state index is 0. The minimum Gasteiger partial charge on any atom is -0.357 e. The fourth-order valence-electron chi connectivity index (χ4n) is 4.98. The van der Waals surface area contributed by atoms with E-state index in [1.807, 2.05) is 14.1 Å². The molecule has 2 aliphatic rings. The molecule has 0 radical (unpaired) electrons. The average Bonchev–Trinajstić information content (AvgIpc) is 3.27. The van der Waals surface area contributed by atoms with E-state index in [0.717, 1.165) is 44.7 Å². The maximum absolute atomic E-state index is 12.9. The van der Waals surface area contributed by atoms with Gasteiger partial charge in [0.05, 0.1) is 12.0 Å². The summed E-state index contributed by atoms with van der Waals surface area (Å²) in [5, 5.41) is 6.86. The van der Waals surface area contributed by atoms with E-state index in [4.69, 9.17) is 4.99 Å². The van der Waals surface area contributed by atoms with E-state index in [2.05, 4.69) is 46.7 Å². The zero-order valence-electron chi connectivity index (χ0n) is 20.2. The van der Waals surface area contributed by atoms with Crippen molar-refractivity contribution in [2.24, 2.45) is 10.4 Å². The number of amides is 1. The third-order valence-electron chi connectivity index (χ3n) is 6.73. The number of likely N-dealkylation sites (tertiary alicyclic amines) is 1. The highest BCUT2D eigenvalue weighted by molar-refractivity contribution is 14.0. The Morgan fingerprint density at radius 1 is 1.03 bits per heavy atom. The molecule has 7 heteroatoms. The Balaban J connectivity index is 0.00000363. The van der Waals surface area contributed by atoms with Crippen molar-refractivity contribution in [2.45, 2.75) is 65.0 Å². The number of halogens is 1. The molecule has 0 unspecified atom stereocenters. The molecule has 2 N–H and O–H groups in total. The summed E-state index contributed by atoms with van der Waals surface area (Å²) in [6.45, 7) is 7.58. The molecule has 0 bridgehead atoms. The molecule has 1 aromatic rings. The Morgan fingerprint density at radius 2 is 1.69 bits per heavy atom. The van der Waals surface area contributed by atoms with Crippen LogP contribution in [0.15, 0.2) is 29.3 Å². The SMILES string of the molecule is CCNC(=NCc1ccccc1CN1CCCCC1)NCC1(C(=O)N(C)C)CCCC1.I. The van der Waals surface area contributed by atoms with Gasteiger partial charge in [0.15, 0.2) is 5.96 Å². The second kappa shape index (κ2) is 13.4. The Morgan fingerprint density at radius 3 is 2.31 bits per heavy atom. The van der Waals surface area contributed by atoms with E-state index >= 15 is 0 Å². The highest BCUT2D eigenvalue weighted by Gasteiger charge is 2.42. The monoisotopic (exact) mass is 555 g/mol. The molecule has 1 saturated carbocycles. The molecule has 1 amide bonds. The Bertz CT molecular complexity index is 740. The maximum Gasteiger partial charge on any atom is 0.230 e. The van der Waals surface area contributed by atoms with Gasteiger partial charge in [0.25, 0.3) is 0 Å². The van der Waals surface area contributed by atoms with Crippen LogP contribution >= 0.6 is 24.0 Å². The summed E-state index contributed by atoms with van der Waals surface area (Å²) in [6, 6.07) is 8.67. The maximum atomic E-state index is 12.9. The van der Waals surface area contributed by atoms with Gasteiger partial charge in [-0.1, -0.05) is 43.5 Å². The van der Waals surface area contributed by atoms with Crippen LogP contribution in [0, 0.1) is 5.41 Å².